The van der Waals surface area contributed by atoms with Crippen LogP contribution in [0.2, 0.25) is 5.15 Å². The fourth-order valence-electron chi connectivity index (χ4n) is 1.30. The molecule has 1 aromatic heterocycles. The summed E-state index contributed by atoms with van der Waals surface area (Å²) in [7, 11) is 0. The Bertz CT molecular complexity index is 417. The van der Waals surface area contributed by atoms with E-state index in [2.05, 4.69) is 4.98 Å². The molecule has 1 heterocycles. The third-order valence-electron chi connectivity index (χ3n) is 2.16. The number of aromatic nitrogens is 1. The van der Waals surface area contributed by atoms with Crippen molar-refractivity contribution in [2.75, 3.05) is 6.54 Å². The summed E-state index contributed by atoms with van der Waals surface area (Å²) in [5.74, 6) is -1.42. The minimum absolute atomic E-state index is 0.200. The molecule has 17 heavy (non-hydrogen) atoms. The first kappa shape index (κ1) is 13.4. The molecule has 0 unspecified atom stereocenters. The van der Waals surface area contributed by atoms with E-state index in [-0.39, 0.29) is 23.6 Å². The number of pyridine rings is 1. The van der Waals surface area contributed by atoms with Crippen LogP contribution in [0.1, 0.15) is 24.2 Å². The Hall–Kier alpha value is -1.62. The highest BCUT2D eigenvalue weighted by Crippen LogP contribution is 2.10. The molecule has 0 fully saturated rings. The van der Waals surface area contributed by atoms with E-state index in [0.717, 1.165) is 0 Å². The molecule has 0 spiro atoms. The van der Waals surface area contributed by atoms with Crippen molar-refractivity contribution in [2.45, 2.75) is 19.9 Å². The zero-order chi connectivity index (χ0) is 13.0. The van der Waals surface area contributed by atoms with E-state index in [0.29, 0.717) is 5.56 Å². The van der Waals surface area contributed by atoms with Gasteiger partial charge in [-0.1, -0.05) is 11.6 Å². The topological polar surface area (TPSA) is 70.5 Å². The van der Waals surface area contributed by atoms with Crippen LogP contribution in [0.15, 0.2) is 18.3 Å². The molecule has 0 bridgehead atoms. The molecule has 0 atom stereocenters. The van der Waals surface area contributed by atoms with Crippen molar-refractivity contribution in [3.05, 3.63) is 29.0 Å². The van der Waals surface area contributed by atoms with Crippen LogP contribution < -0.4 is 0 Å². The normalized spacial score (nSPS) is 10.4. The van der Waals surface area contributed by atoms with Gasteiger partial charge in [0.15, 0.2) is 0 Å². The lowest BCUT2D eigenvalue weighted by Gasteiger charge is -2.24. The molecule has 1 amide bonds. The number of carboxylic acids is 1. The Morgan fingerprint density at radius 3 is 2.53 bits per heavy atom. The van der Waals surface area contributed by atoms with E-state index < -0.39 is 5.97 Å². The number of amides is 1. The van der Waals surface area contributed by atoms with Gasteiger partial charge in [-0.25, -0.2) is 4.98 Å². The summed E-state index contributed by atoms with van der Waals surface area (Å²) in [6.45, 7) is 3.17. The second-order valence-corrected chi connectivity index (χ2v) is 4.18. The molecule has 6 heteroatoms. The number of carbonyl (C=O) groups excluding carboxylic acids is 1. The van der Waals surface area contributed by atoms with Crippen molar-refractivity contribution in [1.82, 2.24) is 9.88 Å². The number of rotatable bonds is 4. The van der Waals surface area contributed by atoms with Gasteiger partial charge in [-0.3, -0.25) is 9.59 Å². The average molecular weight is 257 g/mol. The van der Waals surface area contributed by atoms with Crippen LogP contribution in [-0.4, -0.2) is 39.5 Å². The van der Waals surface area contributed by atoms with Crippen molar-refractivity contribution in [3.63, 3.8) is 0 Å². The molecule has 1 N–H and O–H groups in total. The van der Waals surface area contributed by atoms with Crippen LogP contribution in [0.25, 0.3) is 0 Å². The highest BCUT2D eigenvalue weighted by molar-refractivity contribution is 6.29. The molecule has 0 aromatic carbocycles. The Balaban J connectivity index is 2.91. The minimum atomic E-state index is -1.05. The molecule has 0 aliphatic rings. The molecule has 0 radical (unpaired) electrons. The van der Waals surface area contributed by atoms with E-state index in [1.807, 2.05) is 0 Å². The highest BCUT2D eigenvalue weighted by atomic mass is 35.5. The minimum Gasteiger partial charge on any atom is -0.480 e. The largest absolute Gasteiger partial charge is 0.480 e. The lowest BCUT2D eigenvalue weighted by molar-refractivity contribution is -0.138. The standard InChI is InChI=1S/C11H13ClN2O3/c1-7(2)14(6-10(15)16)11(17)8-3-4-9(12)13-5-8/h3-5,7H,6H2,1-2H3,(H,15,16). The molecule has 0 saturated heterocycles. The third kappa shape index (κ3) is 3.71. The first-order valence-corrected chi connectivity index (χ1v) is 5.44. The number of nitrogens with zero attached hydrogens (tertiary/aromatic N) is 2. The third-order valence-corrected chi connectivity index (χ3v) is 2.39. The first-order chi connectivity index (χ1) is 7.91. The quantitative estimate of drug-likeness (QED) is 0.832. The Morgan fingerprint density at radius 2 is 2.12 bits per heavy atom. The fraction of sp³-hybridized carbons (Fsp3) is 0.364. The van der Waals surface area contributed by atoms with Gasteiger partial charge in [0.2, 0.25) is 0 Å². The molecule has 0 aliphatic heterocycles. The number of halogens is 1. The zero-order valence-electron chi connectivity index (χ0n) is 9.55. The number of hydrogen-bond donors (Lipinski definition) is 1. The maximum absolute atomic E-state index is 12.0. The van der Waals surface area contributed by atoms with Crippen LogP contribution in [-0.2, 0) is 4.79 Å². The summed E-state index contributed by atoms with van der Waals surface area (Å²) in [5.41, 5.74) is 0.323. The lowest BCUT2D eigenvalue weighted by Crippen LogP contribution is -2.40. The predicted octanol–water partition coefficient (Wildman–Crippen LogP) is 1.67. The second-order valence-electron chi connectivity index (χ2n) is 3.79. The SMILES string of the molecule is CC(C)N(CC(=O)O)C(=O)c1ccc(Cl)nc1. The predicted molar refractivity (Wildman–Crippen MR) is 63.1 cm³/mol. The van der Waals surface area contributed by atoms with E-state index in [1.165, 1.54) is 23.2 Å². The van der Waals surface area contributed by atoms with Crippen LogP contribution in [0.5, 0.6) is 0 Å². The van der Waals surface area contributed by atoms with E-state index in [4.69, 9.17) is 16.7 Å². The smallest absolute Gasteiger partial charge is 0.323 e. The molecular formula is C11H13ClN2O3. The van der Waals surface area contributed by atoms with Gasteiger partial charge in [0.1, 0.15) is 11.7 Å². The van der Waals surface area contributed by atoms with Gasteiger partial charge in [0.25, 0.3) is 5.91 Å². The van der Waals surface area contributed by atoms with Crippen LogP contribution >= 0.6 is 11.6 Å². The van der Waals surface area contributed by atoms with Gasteiger partial charge >= 0.3 is 5.97 Å². The van der Waals surface area contributed by atoms with Gasteiger partial charge in [0.05, 0.1) is 5.56 Å². The summed E-state index contributed by atoms with van der Waals surface area (Å²) in [6, 6.07) is 2.82. The number of hydrogen-bond acceptors (Lipinski definition) is 3. The Morgan fingerprint density at radius 1 is 1.47 bits per heavy atom. The van der Waals surface area contributed by atoms with Crippen molar-refractivity contribution in [2.24, 2.45) is 0 Å². The van der Waals surface area contributed by atoms with E-state index in [1.54, 1.807) is 13.8 Å². The van der Waals surface area contributed by atoms with Gasteiger partial charge in [-0.05, 0) is 26.0 Å². The first-order valence-electron chi connectivity index (χ1n) is 5.06. The van der Waals surface area contributed by atoms with Crippen molar-refractivity contribution < 1.29 is 14.7 Å². The molecule has 5 nitrogen and oxygen atoms in total. The average Bonchev–Trinajstić information content (AvgIpc) is 2.25. The highest BCUT2D eigenvalue weighted by Gasteiger charge is 2.21. The summed E-state index contributed by atoms with van der Waals surface area (Å²) in [6.07, 6.45) is 1.34. The molecule has 92 valence electrons. The molecule has 0 saturated carbocycles. The van der Waals surface area contributed by atoms with Crippen LogP contribution in [0.3, 0.4) is 0 Å². The Kier molecular flexibility index (Phi) is 4.45. The Labute approximate surface area is 104 Å². The molecular weight excluding hydrogens is 244 g/mol. The molecule has 1 aromatic rings. The van der Waals surface area contributed by atoms with Crippen LogP contribution in [0.4, 0.5) is 0 Å². The van der Waals surface area contributed by atoms with Gasteiger partial charge in [-0.2, -0.15) is 0 Å². The van der Waals surface area contributed by atoms with Crippen molar-refractivity contribution in [3.8, 4) is 0 Å². The maximum atomic E-state index is 12.0. The summed E-state index contributed by atoms with van der Waals surface area (Å²) in [5, 5.41) is 9.03. The van der Waals surface area contributed by atoms with Gasteiger partial charge in [0, 0.05) is 12.2 Å². The van der Waals surface area contributed by atoms with Gasteiger partial charge in [-0.15, -0.1) is 0 Å². The maximum Gasteiger partial charge on any atom is 0.323 e. The van der Waals surface area contributed by atoms with E-state index in [9.17, 15) is 9.59 Å². The fourth-order valence-corrected chi connectivity index (χ4v) is 1.41. The summed E-state index contributed by atoms with van der Waals surface area (Å²) >= 11 is 5.61. The van der Waals surface area contributed by atoms with E-state index >= 15 is 0 Å². The number of carboxylic acid groups (broad SMARTS) is 1. The number of carbonyl (C=O) groups is 2. The van der Waals surface area contributed by atoms with Gasteiger partial charge < -0.3 is 10.0 Å². The van der Waals surface area contributed by atoms with Crippen LogP contribution in [0, 0.1) is 0 Å². The zero-order valence-corrected chi connectivity index (χ0v) is 10.3. The summed E-state index contributed by atoms with van der Waals surface area (Å²) < 4.78 is 0. The summed E-state index contributed by atoms with van der Waals surface area (Å²) in [4.78, 5) is 27.7. The monoisotopic (exact) mass is 256 g/mol. The molecule has 0 aliphatic carbocycles. The number of aliphatic carboxylic acids is 1. The van der Waals surface area contributed by atoms with Crippen molar-refractivity contribution >= 4 is 23.5 Å². The van der Waals surface area contributed by atoms with Crippen molar-refractivity contribution in [1.29, 1.82) is 0 Å². The molecule has 1 rings (SSSR count). The second kappa shape index (κ2) is 5.63. The lowest BCUT2D eigenvalue weighted by atomic mass is 10.2.